The molecule has 138 valence electrons. The van der Waals surface area contributed by atoms with Crippen molar-refractivity contribution >= 4 is 5.91 Å². The van der Waals surface area contributed by atoms with Crippen LogP contribution in [0.4, 0.5) is 0 Å². The molecule has 3 rings (SSSR count). The molecule has 1 aromatic carbocycles. The highest BCUT2D eigenvalue weighted by atomic mass is 16.5. The number of ether oxygens (including phenoxy) is 1. The molecule has 5 nitrogen and oxygen atoms in total. The maximum absolute atomic E-state index is 12.6. The molecule has 25 heavy (non-hydrogen) atoms. The maximum atomic E-state index is 12.6. The highest BCUT2D eigenvalue weighted by Gasteiger charge is 2.33. The molecule has 1 aliphatic carbocycles. The predicted molar refractivity (Wildman–Crippen MR) is 99.5 cm³/mol. The summed E-state index contributed by atoms with van der Waals surface area (Å²) in [6.07, 6.45) is 2.61. The minimum absolute atomic E-state index is 0.128. The summed E-state index contributed by atoms with van der Waals surface area (Å²) >= 11 is 0. The summed E-state index contributed by atoms with van der Waals surface area (Å²) in [6, 6.07) is 8.72. The van der Waals surface area contributed by atoms with Crippen LogP contribution in [0, 0.1) is 12.8 Å². The standard InChI is InChI=1S/C20H31N3O2/c1-15-4-6-16(7-5-15)20(17-8-9-17)21-19(24)14-23-10-11-25-18(13-23)12-22(2)3/h4-7,17-18,20H,8-14H2,1-3H3,(H,21,24)/t18-,20-/m0/s1. The molecule has 1 heterocycles. The lowest BCUT2D eigenvalue weighted by Crippen LogP contribution is -2.49. The topological polar surface area (TPSA) is 44.8 Å². The van der Waals surface area contributed by atoms with Crippen molar-refractivity contribution in [2.75, 3.05) is 46.9 Å². The van der Waals surface area contributed by atoms with Crippen molar-refractivity contribution in [2.45, 2.75) is 31.9 Å². The first-order valence-electron chi connectivity index (χ1n) is 9.36. The normalized spacial score (nSPS) is 22.8. The van der Waals surface area contributed by atoms with Gasteiger partial charge in [-0.1, -0.05) is 29.8 Å². The van der Waals surface area contributed by atoms with Gasteiger partial charge in [0, 0.05) is 19.6 Å². The van der Waals surface area contributed by atoms with Crippen molar-refractivity contribution < 1.29 is 9.53 Å². The second-order valence-corrected chi connectivity index (χ2v) is 7.78. The van der Waals surface area contributed by atoms with Gasteiger partial charge in [-0.15, -0.1) is 0 Å². The van der Waals surface area contributed by atoms with E-state index in [-0.39, 0.29) is 18.1 Å². The number of morpholine rings is 1. The van der Waals surface area contributed by atoms with Crippen LogP contribution in [0.3, 0.4) is 0 Å². The van der Waals surface area contributed by atoms with E-state index in [0.29, 0.717) is 19.1 Å². The number of carbonyl (C=O) groups excluding carboxylic acids is 1. The molecule has 0 unspecified atom stereocenters. The number of benzene rings is 1. The van der Waals surface area contributed by atoms with Crippen molar-refractivity contribution in [3.05, 3.63) is 35.4 Å². The van der Waals surface area contributed by atoms with Crippen LogP contribution in [0.25, 0.3) is 0 Å². The zero-order valence-corrected chi connectivity index (χ0v) is 15.7. The van der Waals surface area contributed by atoms with Crippen molar-refractivity contribution in [3.63, 3.8) is 0 Å². The number of hydrogen-bond donors (Lipinski definition) is 1. The summed E-state index contributed by atoms with van der Waals surface area (Å²) in [5, 5.41) is 3.29. The zero-order valence-electron chi connectivity index (χ0n) is 15.7. The molecule has 0 bridgehead atoms. The van der Waals surface area contributed by atoms with Crippen LogP contribution in [0.1, 0.15) is 30.0 Å². The predicted octanol–water partition coefficient (Wildman–Crippen LogP) is 1.82. The first-order valence-corrected chi connectivity index (χ1v) is 9.36. The SMILES string of the molecule is Cc1ccc([C@H](NC(=O)CN2CCO[C@@H](CN(C)C)C2)C2CC2)cc1. The van der Waals surface area contributed by atoms with E-state index in [4.69, 9.17) is 4.74 Å². The number of carbonyl (C=O) groups is 1. The highest BCUT2D eigenvalue weighted by molar-refractivity contribution is 5.78. The van der Waals surface area contributed by atoms with Gasteiger partial charge in [-0.3, -0.25) is 9.69 Å². The van der Waals surface area contributed by atoms with E-state index < -0.39 is 0 Å². The molecule has 2 atom stereocenters. The number of amides is 1. The molecule has 1 saturated heterocycles. The Morgan fingerprint density at radius 3 is 2.68 bits per heavy atom. The molecule has 0 radical (unpaired) electrons. The van der Waals surface area contributed by atoms with E-state index in [1.807, 2.05) is 0 Å². The van der Waals surface area contributed by atoms with E-state index in [0.717, 1.165) is 19.6 Å². The largest absolute Gasteiger partial charge is 0.374 e. The Labute approximate surface area is 151 Å². The van der Waals surface area contributed by atoms with Gasteiger partial charge in [-0.25, -0.2) is 0 Å². The van der Waals surface area contributed by atoms with Crippen molar-refractivity contribution in [1.29, 1.82) is 0 Å². The van der Waals surface area contributed by atoms with Gasteiger partial charge < -0.3 is 15.0 Å². The van der Waals surface area contributed by atoms with Gasteiger partial charge in [-0.05, 0) is 45.3 Å². The Bertz CT molecular complexity index is 569. The van der Waals surface area contributed by atoms with Gasteiger partial charge in [0.1, 0.15) is 0 Å². The average Bonchev–Trinajstić information content (AvgIpc) is 3.38. The fourth-order valence-electron chi connectivity index (χ4n) is 3.54. The van der Waals surface area contributed by atoms with Crippen molar-refractivity contribution in [2.24, 2.45) is 5.92 Å². The van der Waals surface area contributed by atoms with Gasteiger partial charge in [0.05, 0.1) is 25.3 Å². The van der Waals surface area contributed by atoms with E-state index in [2.05, 4.69) is 60.4 Å². The Kier molecular flexibility index (Phi) is 6.10. The number of nitrogens with zero attached hydrogens (tertiary/aromatic N) is 2. The second kappa shape index (κ2) is 8.30. The number of nitrogens with one attached hydrogen (secondary N) is 1. The molecular formula is C20H31N3O2. The zero-order chi connectivity index (χ0) is 17.8. The first kappa shape index (κ1) is 18.4. The van der Waals surface area contributed by atoms with Crippen LogP contribution in [-0.4, -0.2) is 68.7 Å². The lowest BCUT2D eigenvalue weighted by atomic mass is 10.0. The summed E-state index contributed by atoms with van der Waals surface area (Å²) in [6.45, 7) is 5.81. The number of aryl methyl sites for hydroxylation is 1. The fraction of sp³-hybridized carbons (Fsp3) is 0.650. The lowest BCUT2D eigenvalue weighted by Gasteiger charge is -2.34. The van der Waals surface area contributed by atoms with Gasteiger partial charge >= 0.3 is 0 Å². The number of likely N-dealkylation sites (N-methyl/N-ethyl adjacent to an activating group) is 1. The summed E-state index contributed by atoms with van der Waals surface area (Å²) < 4.78 is 5.80. The molecular weight excluding hydrogens is 314 g/mol. The maximum Gasteiger partial charge on any atom is 0.234 e. The molecule has 1 amide bonds. The molecule has 2 aliphatic rings. The molecule has 1 aromatic rings. The molecule has 1 aliphatic heterocycles. The minimum atomic E-state index is 0.128. The Hall–Kier alpha value is -1.43. The highest BCUT2D eigenvalue weighted by Crippen LogP contribution is 2.41. The van der Waals surface area contributed by atoms with Gasteiger partial charge in [0.2, 0.25) is 5.91 Å². The van der Waals surface area contributed by atoms with Crippen LogP contribution in [-0.2, 0) is 9.53 Å². The van der Waals surface area contributed by atoms with Gasteiger partial charge in [-0.2, -0.15) is 0 Å². The second-order valence-electron chi connectivity index (χ2n) is 7.78. The molecule has 0 spiro atoms. The molecule has 1 N–H and O–H groups in total. The Morgan fingerprint density at radius 1 is 1.32 bits per heavy atom. The molecule has 2 fully saturated rings. The lowest BCUT2D eigenvalue weighted by molar-refractivity contribution is -0.125. The minimum Gasteiger partial charge on any atom is -0.374 e. The van der Waals surface area contributed by atoms with Crippen LogP contribution < -0.4 is 5.32 Å². The van der Waals surface area contributed by atoms with Gasteiger partial charge in [0.25, 0.3) is 0 Å². The van der Waals surface area contributed by atoms with E-state index in [1.54, 1.807) is 0 Å². The number of rotatable bonds is 7. The molecule has 0 aromatic heterocycles. The van der Waals surface area contributed by atoms with E-state index in [1.165, 1.54) is 24.0 Å². The quantitative estimate of drug-likeness (QED) is 0.819. The van der Waals surface area contributed by atoms with E-state index in [9.17, 15) is 4.79 Å². The summed E-state index contributed by atoms with van der Waals surface area (Å²) in [5.74, 6) is 0.723. The number of hydrogen-bond acceptors (Lipinski definition) is 4. The van der Waals surface area contributed by atoms with Crippen LogP contribution in [0.15, 0.2) is 24.3 Å². The smallest absolute Gasteiger partial charge is 0.234 e. The van der Waals surface area contributed by atoms with Crippen molar-refractivity contribution in [3.8, 4) is 0 Å². The van der Waals surface area contributed by atoms with Crippen molar-refractivity contribution in [1.82, 2.24) is 15.1 Å². The molecule has 1 saturated carbocycles. The monoisotopic (exact) mass is 345 g/mol. The third-order valence-electron chi connectivity index (χ3n) is 5.01. The van der Waals surface area contributed by atoms with Gasteiger partial charge in [0.15, 0.2) is 0 Å². The third-order valence-corrected chi connectivity index (χ3v) is 5.01. The van der Waals surface area contributed by atoms with Crippen LogP contribution in [0.5, 0.6) is 0 Å². The first-order chi connectivity index (χ1) is 12.0. The summed E-state index contributed by atoms with van der Waals surface area (Å²) in [5.41, 5.74) is 2.48. The van der Waals surface area contributed by atoms with Crippen LogP contribution in [0.2, 0.25) is 0 Å². The molecule has 5 heteroatoms. The van der Waals surface area contributed by atoms with Crippen LogP contribution >= 0.6 is 0 Å². The summed E-state index contributed by atoms with van der Waals surface area (Å²) in [4.78, 5) is 17.0. The summed E-state index contributed by atoms with van der Waals surface area (Å²) in [7, 11) is 4.10. The van der Waals surface area contributed by atoms with E-state index >= 15 is 0 Å². The Balaban J connectivity index is 1.54. The Morgan fingerprint density at radius 2 is 2.04 bits per heavy atom. The average molecular weight is 345 g/mol. The fourth-order valence-corrected chi connectivity index (χ4v) is 3.54. The third kappa shape index (κ3) is 5.53.